The molecule has 0 unspecified atom stereocenters. The number of nitrogens with two attached hydrogens (primary N) is 1. The largest absolute Gasteiger partial charge is 0.385 e. The Labute approximate surface area is 199 Å². The number of primary amides is 1. The van der Waals surface area contributed by atoms with Crippen LogP contribution >= 0.6 is 0 Å². The monoisotopic (exact) mass is 464 g/mol. The maximum Gasteiger partial charge on any atom is 0.251 e. The van der Waals surface area contributed by atoms with E-state index in [1.807, 2.05) is 19.1 Å². The molecule has 3 amide bonds. The van der Waals surface area contributed by atoms with E-state index < -0.39 is 11.5 Å². The molecule has 2 aromatic rings. The van der Waals surface area contributed by atoms with Crippen LogP contribution in [0.15, 0.2) is 48.5 Å². The second kappa shape index (κ2) is 9.95. The van der Waals surface area contributed by atoms with Crippen LogP contribution in [0.2, 0.25) is 0 Å². The average molecular weight is 465 g/mol. The third kappa shape index (κ3) is 5.46. The summed E-state index contributed by atoms with van der Waals surface area (Å²) in [6.07, 6.45) is 3.01. The maximum atomic E-state index is 12.2. The average Bonchev–Trinajstić information content (AvgIpc) is 2.80. The summed E-state index contributed by atoms with van der Waals surface area (Å²) < 4.78 is 0. The van der Waals surface area contributed by atoms with Gasteiger partial charge in [0.2, 0.25) is 11.8 Å². The maximum absolute atomic E-state index is 12.2. The van der Waals surface area contributed by atoms with Gasteiger partial charge in [-0.2, -0.15) is 0 Å². The molecule has 5 N–H and O–H groups in total. The summed E-state index contributed by atoms with van der Waals surface area (Å²) in [4.78, 5) is 38.0. The van der Waals surface area contributed by atoms with E-state index in [1.54, 1.807) is 36.4 Å². The first-order valence-corrected chi connectivity index (χ1v) is 11.7. The van der Waals surface area contributed by atoms with E-state index in [2.05, 4.69) is 15.5 Å². The summed E-state index contributed by atoms with van der Waals surface area (Å²) >= 11 is 0. The van der Waals surface area contributed by atoms with Crippen LogP contribution in [0, 0.1) is 6.92 Å². The number of likely N-dealkylation sites (tertiary alicyclic amines) is 1. The number of aliphatic hydroxyl groups is 1. The number of aryl methyl sites for hydroxylation is 1. The van der Waals surface area contributed by atoms with Crippen molar-refractivity contribution in [1.82, 2.24) is 15.5 Å². The summed E-state index contributed by atoms with van der Waals surface area (Å²) in [5, 5.41) is 16.8. The number of nitrogens with zero attached hydrogens (tertiary/aromatic N) is 1. The molecule has 2 aliphatic rings. The van der Waals surface area contributed by atoms with Crippen molar-refractivity contribution in [3.05, 3.63) is 70.8 Å². The van der Waals surface area contributed by atoms with Crippen LogP contribution in [0.4, 0.5) is 0 Å². The number of carbonyl (C=O) groups is 3. The molecule has 34 heavy (non-hydrogen) atoms. The Morgan fingerprint density at radius 3 is 2.35 bits per heavy atom. The lowest BCUT2D eigenvalue weighted by Gasteiger charge is -2.48. The van der Waals surface area contributed by atoms with Gasteiger partial charge in [0.25, 0.3) is 5.91 Å². The first-order valence-electron chi connectivity index (χ1n) is 11.7. The molecule has 8 nitrogen and oxygen atoms in total. The van der Waals surface area contributed by atoms with Crippen LogP contribution in [0.5, 0.6) is 0 Å². The van der Waals surface area contributed by atoms with Crippen molar-refractivity contribution in [1.29, 1.82) is 0 Å². The summed E-state index contributed by atoms with van der Waals surface area (Å²) in [5.41, 5.74) is 7.20. The van der Waals surface area contributed by atoms with Gasteiger partial charge in [0.15, 0.2) is 0 Å². The Morgan fingerprint density at radius 1 is 1.06 bits per heavy atom. The predicted molar refractivity (Wildman–Crippen MR) is 128 cm³/mol. The molecule has 0 spiro atoms. The molecule has 1 saturated heterocycles. The van der Waals surface area contributed by atoms with Crippen molar-refractivity contribution >= 4 is 17.7 Å². The molecule has 1 saturated carbocycles. The van der Waals surface area contributed by atoms with Crippen molar-refractivity contribution < 1.29 is 19.5 Å². The SMILES string of the molecule is Cc1cccc(C(=O)NCC(=O)NC2CN(C3CCC(O)(c4ccc(C(N)=O)cc4)CC3)C2)c1. The van der Waals surface area contributed by atoms with Gasteiger partial charge in [0, 0.05) is 30.3 Å². The fourth-order valence-electron chi connectivity index (χ4n) is 4.91. The number of amides is 3. The minimum atomic E-state index is -0.888. The molecule has 1 aliphatic carbocycles. The Balaban J connectivity index is 1.18. The molecule has 4 rings (SSSR count). The zero-order valence-electron chi connectivity index (χ0n) is 19.4. The van der Waals surface area contributed by atoms with Crippen molar-refractivity contribution in [2.45, 2.75) is 50.3 Å². The quantitative estimate of drug-likeness (QED) is 0.494. The van der Waals surface area contributed by atoms with Gasteiger partial charge in [-0.25, -0.2) is 0 Å². The zero-order chi connectivity index (χ0) is 24.3. The van der Waals surface area contributed by atoms with Crippen molar-refractivity contribution in [3.63, 3.8) is 0 Å². The van der Waals surface area contributed by atoms with Gasteiger partial charge < -0.3 is 21.5 Å². The van der Waals surface area contributed by atoms with E-state index in [9.17, 15) is 19.5 Å². The second-order valence-corrected chi connectivity index (χ2v) is 9.47. The number of hydrogen-bond acceptors (Lipinski definition) is 5. The van der Waals surface area contributed by atoms with Gasteiger partial charge in [-0.1, -0.05) is 29.8 Å². The van der Waals surface area contributed by atoms with E-state index >= 15 is 0 Å². The standard InChI is InChI=1S/C26H32N4O4/c1-17-3-2-4-19(13-17)25(33)28-14-23(31)29-21-15-30(16-21)22-9-11-26(34,12-10-22)20-7-5-18(6-8-20)24(27)32/h2-8,13,21-22,34H,9-12,14-16H2,1H3,(H2,27,32)(H,28,33)(H,29,31). The third-order valence-electron chi connectivity index (χ3n) is 6.97. The molecular formula is C26H32N4O4. The van der Waals surface area contributed by atoms with E-state index in [-0.39, 0.29) is 24.4 Å². The molecule has 0 atom stereocenters. The number of hydrogen-bond donors (Lipinski definition) is 4. The Bertz CT molecular complexity index is 1050. The van der Waals surface area contributed by atoms with E-state index in [0.717, 1.165) is 37.1 Å². The minimum Gasteiger partial charge on any atom is -0.385 e. The predicted octanol–water partition coefficient (Wildman–Crippen LogP) is 1.45. The highest BCUT2D eigenvalue weighted by Gasteiger charge is 2.40. The highest BCUT2D eigenvalue weighted by Crippen LogP contribution is 2.39. The topological polar surface area (TPSA) is 125 Å². The van der Waals surface area contributed by atoms with Crippen LogP contribution < -0.4 is 16.4 Å². The summed E-state index contributed by atoms with van der Waals surface area (Å²) in [6, 6.07) is 14.6. The number of benzene rings is 2. The molecule has 1 aliphatic heterocycles. The van der Waals surface area contributed by atoms with Crippen LogP contribution in [0.3, 0.4) is 0 Å². The van der Waals surface area contributed by atoms with E-state index in [4.69, 9.17) is 5.73 Å². The Hall–Kier alpha value is -3.23. The molecule has 0 radical (unpaired) electrons. The van der Waals surface area contributed by atoms with Gasteiger partial charge in [0.1, 0.15) is 0 Å². The van der Waals surface area contributed by atoms with Gasteiger partial charge in [-0.15, -0.1) is 0 Å². The van der Waals surface area contributed by atoms with E-state index in [0.29, 0.717) is 30.0 Å². The molecular weight excluding hydrogens is 432 g/mol. The van der Waals surface area contributed by atoms with Gasteiger partial charge in [-0.3, -0.25) is 19.3 Å². The Kier molecular flexibility index (Phi) is 7.00. The minimum absolute atomic E-state index is 0.0473. The van der Waals surface area contributed by atoms with Crippen molar-refractivity contribution in [2.24, 2.45) is 5.73 Å². The lowest BCUT2D eigenvalue weighted by molar-refractivity contribution is -0.122. The van der Waals surface area contributed by atoms with Gasteiger partial charge in [0.05, 0.1) is 18.2 Å². The summed E-state index contributed by atoms with van der Waals surface area (Å²) in [7, 11) is 0. The third-order valence-corrected chi connectivity index (χ3v) is 6.97. The second-order valence-electron chi connectivity index (χ2n) is 9.47. The first-order chi connectivity index (χ1) is 16.2. The highest BCUT2D eigenvalue weighted by atomic mass is 16.3. The number of nitrogens with one attached hydrogen (secondary N) is 2. The van der Waals surface area contributed by atoms with Crippen LogP contribution in [-0.4, -0.2) is 59.4 Å². The lowest BCUT2D eigenvalue weighted by Crippen LogP contribution is -2.63. The van der Waals surface area contributed by atoms with Crippen LogP contribution in [-0.2, 0) is 10.4 Å². The van der Waals surface area contributed by atoms with E-state index in [1.165, 1.54) is 0 Å². The van der Waals surface area contributed by atoms with Gasteiger partial charge >= 0.3 is 0 Å². The molecule has 2 aromatic carbocycles. The zero-order valence-corrected chi connectivity index (χ0v) is 19.4. The molecule has 0 bridgehead atoms. The molecule has 2 fully saturated rings. The fourth-order valence-corrected chi connectivity index (χ4v) is 4.91. The van der Waals surface area contributed by atoms with Gasteiger partial charge in [-0.05, 0) is 62.4 Å². The molecule has 1 heterocycles. The number of rotatable bonds is 7. The summed E-state index contributed by atoms with van der Waals surface area (Å²) in [5.74, 6) is -0.925. The molecule has 180 valence electrons. The molecule has 8 heteroatoms. The van der Waals surface area contributed by atoms with Crippen LogP contribution in [0.25, 0.3) is 0 Å². The summed E-state index contributed by atoms with van der Waals surface area (Å²) in [6.45, 7) is 3.41. The Morgan fingerprint density at radius 2 is 1.74 bits per heavy atom. The highest BCUT2D eigenvalue weighted by molar-refractivity contribution is 5.96. The first kappa shape index (κ1) is 23.9. The smallest absolute Gasteiger partial charge is 0.251 e. The van der Waals surface area contributed by atoms with Crippen LogP contribution in [0.1, 0.15) is 57.5 Å². The number of carbonyl (C=O) groups excluding carboxylic acids is 3. The van der Waals surface area contributed by atoms with Crippen molar-refractivity contribution in [2.75, 3.05) is 19.6 Å². The normalized spacial score (nSPS) is 23.1. The molecule has 0 aromatic heterocycles. The fraction of sp³-hybridized carbons (Fsp3) is 0.423. The lowest BCUT2D eigenvalue weighted by atomic mass is 9.76. The van der Waals surface area contributed by atoms with Crippen molar-refractivity contribution in [3.8, 4) is 0 Å².